The molecule has 4 heteroatoms. The minimum absolute atomic E-state index is 0.174. The Hall–Kier alpha value is -0.450. The first-order valence-corrected chi connectivity index (χ1v) is 9.21. The molecule has 0 radical (unpaired) electrons. The maximum absolute atomic E-state index is 4.57. The number of aromatic nitrogens is 1. The summed E-state index contributed by atoms with van der Waals surface area (Å²) in [6.45, 7) is 13.7. The number of unbranched alkanes of at least 4 members (excludes halogenated alkanes) is 1. The molecule has 0 bridgehead atoms. The predicted octanol–water partition coefficient (Wildman–Crippen LogP) is 3.79. The van der Waals surface area contributed by atoms with Crippen LogP contribution in [0.5, 0.6) is 0 Å². The van der Waals surface area contributed by atoms with Crippen LogP contribution in [0.1, 0.15) is 63.3 Å². The summed E-state index contributed by atoms with van der Waals surface area (Å²) in [7, 11) is 0. The fraction of sp³-hybridized carbons (Fsp3) is 0.824. The second-order valence-electron chi connectivity index (χ2n) is 7.23. The Labute approximate surface area is 134 Å². The van der Waals surface area contributed by atoms with Crippen molar-refractivity contribution in [2.75, 3.05) is 19.6 Å². The number of nitrogens with one attached hydrogen (secondary N) is 1. The molecular weight excluding hydrogens is 278 g/mol. The quantitative estimate of drug-likeness (QED) is 0.866. The van der Waals surface area contributed by atoms with Crippen molar-refractivity contribution >= 4 is 11.3 Å². The Morgan fingerprint density at radius 3 is 2.62 bits per heavy atom. The molecule has 1 aromatic rings. The van der Waals surface area contributed by atoms with Gasteiger partial charge in [-0.3, -0.25) is 0 Å². The van der Waals surface area contributed by atoms with Gasteiger partial charge in [-0.2, -0.15) is 0 Å². The van der Waals surface area contributed by atoms with Gasteiger partial charge in [-0.15, -0.1) is 11.3 Å². The molecule has 0 aliphatic carbocycles. The largest absolute Gasteiger partial charge is 0.309 e. The molecule has 1 fully saturated rings. The van der Waals surface area contributed by atoms with Crippen LogP contribution in [0.2, 0.25) is 0 Å². The Kier molecular flexibility index (Phi) is 6.20. The van der Waals surface area contributed by atoms with E-state index >= 15 is 0 Å². The van der Waals surface area contributed by atoms with Crippen molar-refractivity contribution in [1.82, 2.24) is 15.2 Å². The molecule has 0 atom stereocenters. The molecule has 0 saturated carbocycles. The van der Waals surface area contributed by atoms with Crippen molar-refractivity contribution in [2.45, 2.75) is 71.4 Å². The number of nitrogens with zero attached hydrogens (tertiary/aromatic N) is 2. The molecule has 2 heterocycles. The summed E-state index contributed by atoms with van der Waals surface area (Å²) >= 11 is 1.86. The monoisotopic (exact) mass is 309 g/mol. The predicted molar refractivity (Wildman–Crippen MR) is 92.0 cm³/mol. The fourth-order valence-corrected chi connectivity index (χ4v) is 3.64. The molecule has 21 heavy (non-hydrogen) atoms. The van der Waals surface area contributed by atoms with Crippen LogP contribution in [0.15, 0.2) is 6.20 Å². The van der Waals surface area contributed by atoms with Gasteiger partial charge in [0.05, 0.1) is 5.01 Å². The van der Waals surface area contributed by atoms with E-state index in [4.69, 9.17) is 0 Å². The van der Waals surface area contributed by atoms with Crippen molar-refractivity contribution in [1.29, 1.82) is 0 Å². The highest BCUT2D eigenvalue weighted by molar-refractivity contribution is 7.11. The van der Waals surface area contributed by atoms with Gasteiger partial charge in [0.15, 0.2) is 0 Å². The topological polar surface area (TPSA) is 28.2 Å². The lowest BCUT2D eigenvalue weighted by Crippen LogP contribution is -2.42. The van der Waals surface area contributed by atoms with E-state index in [0.717, 1.165) is 6.54 Å². The van der Waals surface area contributed by atoms with Crippen molar-refractivity contribution in [3.63, 3.8) is 0 Å². The first-order valence-electron chi connectivity index (χ1n) is 8.40. The van der Waals surface area contributed by atoms with Gasteiger partial charge in [0, 0.05) is 29.1 Å². The number of hydrogen-bond donors (Lipinski definition) is 1. The van der Waals surface area contributed by atoms with Crippen molar-refractivity contribution in [2.24, 2.45) is 0 Å². The van der Waals surface area contributed by atoms with Gasteiger partial charge in [0.2, 0.25) is 0 Å². The van der Waals surface area contributed by atoms with Crippen molar-refractivity contribution < 1.29 is 0 Å². The van der Waals surface area contributed by atoms with E-state index < -0.39 is 0 Å². The van der Waals surface area contributed by atoms with Gasteiger partial charge < -0.3 is 10.2 Å². The molecule has 1 aromatic heterocycles. The van der Waals surface area contributed by atoms with Crippen LogP contribution in [0.25, 0.3) is 0 Å². The van der Waals surface area contributed by atoms with Gasteiger partial charge in [-0.25, -0.2) is 4.98 Å². The summed E-state index contributed by atoms with van der Waals surface area (Å²) < 4.78 is 0. The van der Waals surface area contributed by atoms with E-state index in [1.54, 1.807) is 0 Å². The summed E-state index contributed by atoms with van der Waals surface area (Å²) in [6.07, 6.45) is 7.27. The molecule has 1 saturated heterocycles. The third kappa shape index (κ3) is 5.35. The molecular formula is C17H31N3S. The average molecular weight is 310 g/mol. The number of rotatable bonds is 6. The Bertz CT molecular complexity index is 414. The lowest BCUT2D eigenvalue weighted by molar-refractivity contribution is 0.195. The molecule has 1 aliphatic rings. The lowest BCUT2D eigenvalue weighted by atomic mass is 9.98. The lowest BCUT2D eigenvalue weighted by Gasteiger charge is -2.32. The maximum Gasteiger partial charge on any atom is 0.0981 e. The summed E-state index contributed by atoms with van der Waals surface area (Å²) in [5.74, 6) is 0. The van der Waals surface area contributed by atoms with Gasteiger partial charge >= 0.3 is 0 Å². The van der Waals surface area contributed by atoms with E-state index in [-0.39, 0.29) is 5.41 Å². The average Bonchev–Trinajstić information content (AvgIpc) is 2.93. The minimum Gasteiger partial charge on any atom is -0.309 e. The van der Waals surface area contributed by atoms with Crippen LogP contribution in [-0.4, -0.2) is 35.6 Å². The van der Waals surface area contributed by atoms with Crippen LogP contribution in [0, 0.1) is 0 Å². The summed E-state index contributed by atoms with van der Waals surface area (Å²) in [5.41, 5.74) is 0.174. The first-order chi connectivity index (χ1) is 9.99. The second-order valence-corrected chi connectivity index (χ2v) is 8.35. The summed E-state index contributed by atoms with van der Waals surface area (Å²) in [6, 6.07) is 0.683. The van der Waals surface area contributed by atoms with E-state index in [0.29, 0.717) is 6.04 Å². The van der Waals surface area contributed by atoms with Crippen LogP contribution in [-0.2, 0) is 12.0 Å². The van der Waals surface area contributed by atoms with Gasteiger partial charge in [0.1, 0.15) is 0 Å². The maximum atomic E-state index is 4.57. The highest BCUT2D eigenvalue weighted by Crippen LogP contribution is 2.26. The Morgan fingerprint density at radius 2 is 2.05 bits per heavy atom. The zero-order chi connectivity index (χ0) is 15.3. The van der Waals surface area contributed by atoms with Crippen LogP contribution in [0.3, 0.4) is 0 Å². The second kappa shape index (κ2) is 7.70. The zero-order valence-electron chi connectivity index (χ0n) is 14.1. The van der Waals surface area contributed by atoms with Crippen molar-refractivity contribution in [3.05, 3.63) is 16.1 Å². The highest BCUT2D eigenvalue weighted by Gasteiger charge is 2.20. The third-order valence-electron chi connectivity index (χ3n) is 4.18. The minimum atomic E-state index is 0.174. The molecule has 120 valence electrons. The Morgan fingerprint density at radius 1 is 1.33 bits per heavy atom. The number of thiazole rings is 1. The summed E-state index contributed by atoms with van der Waals surface area (Å²) in [4.78, 5) is 8.55. The first kappa shape index (κ1) is 16.9. The molecule has 3 nitrogen and oxygen atoms in total. The highest BCUT2D eigenvalue weighted by atomic mass is 32.1. The molecule has 0 spiro atoms. The normalized spacial score (nSPS) is 18.3. The van der Waals surface area contributed by atoms with E-state index in [9.17, 15) is 0 Å². The summed E-state index contributed by atoms with van der Waals surface area (Å²) in [5, 5.41) is 4.97. The molecule has 1 aliphatic heterocycles. The van der Waals surface area contributed by atoms with Crippen molar-refractivity contribution in [3.8, 4) is 0 Å². The standard InChI is InChI=1S/C17H31N3S/c1-5-6-9-20-10-7-14(8-11-20)18-12-15-13-19-16(21-15)17(2,3)4/h13-14,18H,5-12H2,1-4H3. The molecule has 0 amide bonds. The SMILES string of the molecule is CCCCN1CCC(NCc2cnc(C(C)(C)C)s2)CC1. The van der Waals surface area contributed by atoms with E-state index in [2.05, 4.69) is 49.1 Å². The van der Waals surface area contributed by atoms with Gasteiger partial charge in [0.25, 0.3) is 0 Å². The molecule has 0 aromatic carbocycles. The van der Waals surface area contributed by atoms with Gasteiger partial charge in [-0.1, -0.05) is 34.1 Å². The number of piperidine rings is 1. The van der Waals surface area contributed by atoms with Crippen LogP contribution < -0.4 is 5.32 Å². The Balaban J connectivity index is 1.71. The third-order valence-corrected chi connectivity index (χ3v) is 5.60. The molecule has 0 unspecified atom stereocenters. The van der Waals surface area contributed by atoms with Crippen LogP contribution >= 0.6 is 11.3 Å². The van der Waals surface area contributed by atoms with E-state index in [1.807, 2.05) is 11.3 Å². The van der Waals surface area contributed by atoms with Crippen LogP contribution in [0.4, 0.5) is 0 Å². The zero-order valence-corrected chi connectivity index (χ0v) is 14.9. The van der Waals surface area contributed by atoms with Gasteiger partial charge in [-0.05, 0) is 38.9 Å². The molecule has 2 rings (SSSR count). The fourth-order valence-electron chi connectivity index (χ4n) is 2.72. The number of likely N-dealkylation sites (tertiary alicyclic amines) is 1. The number of hydrogen-bond acceptors (Lipinski definition) is 4. The molecule has 1 N–H and O–H groups in total. The smallest absolute Gasteiger partial charge is 0.0981 e. The van der Waals surface area contributed by atoms with E-state index in [1.165, 1.54) is 55.2 Å².